The van der Waals surface area contributed by atoms with Gasteiger partial charge in [0.05, 0.1) is 50.7 Å². The molecule has 2 heterocycles. The highest BCUT2D eigenvalue weighted by Crippen LogP contribution is 2.37. The van der Waals surface area contributed by atoms with Crippen LogP contribution < -0.4 is 10.1 Å². The maximum atomic E-state index is 14.1. The van der Waals surface area contributed by atoms with Crippen LogP contribution in [0.15, 0.2) is 78.9 Å². The summed E-state index contributed by atoms with van der Waals surface area (Å²) in [7, 11) is 0. The van der Waals surface area contributed by atoms with Gasteiger partial charge >= 0.3 is 6.09 Å². The molecule has 11 heteroatoms. The van der Waals surface area contributed by atoms with Crippen molar-refractivity contribution in [2.45, 2.75) is 69.0 Å². The average Bonchev–Trinajstić information content (AvgIpc) is 3.77. The van der Waals surface area contributed by atoms with Gasteiger partial charge in [0.1, 0.15) is 18.5 Å². The molecule has 3 aromatic rings. The summed E-state index contributed by atoms with van der Waals surface area (Å²) in [5.74, 6) is 0.560. The molecule has 5 atom stereocenters. The molecule has 1 unspecified atom stereocenters. The van der Waals surface area contributed by atoms with Gasteiger partial charge in [0, 0.05) is 45.4 Å². The number of ether oxygens (including phenoxy) is 4. The van der Waals surface area contributed by atoms with E-state index in [1.54, 1.807) is 4.90 Å². The maximum absolute atomic E-state index is 14.1. The van der Waals surface area contributed by atoms with Gasteiger partial charge in [0.15, 0.2) is 0 Å². The van der Waals surface area contributed by atoms with Crippen molar-refractivity contribution < 1.29 is 38.7 Å². The van der Waals surface area contributed by atoms with Gasteiger partial charge in [-0.2, -0.15) is 0 Å². The first kappa shape index (κ1) is 35.8. The van der Waals surface area contributed by atoms with E-state index in [4.69, 9.17) is 18.9 Å². The average molecular weight is 688 g/mol. The van der Waals surface area contributed by atoms with E-state index in [0.29, 0.717) is 39.1 Å². The predicted octanol–water partition coefficient (Wildman–Crippen LogP) is 3.65. The number of nitrogens with one attached hydrogen (secondary N) is 1. The number of carbonyl (C=O) groups is 2. The van der Waals surface area contributed by atoms with Crippen LogP contribution in [0.4, 0.5) is 4.79 Å². The summed E-state index contributed by atoms with van der Waals surface area (Å²) in [6.45, 7) is 5.89. The Morgan fingerprint density at radius 2 is 1.70 bits per heavy atom. The zero-order valence-corrected chi connectivity index (χ0v) is 28.5. The zero-order chi connectivity index (χ0) is 34.7. The Morgan fingerprint density at radius 3 is 2.46 bits per heavy atom. The van der Waals surface area contributed by atoms with E-state index >= 15 is 0 Å². The second kappa shape index (κ2) is 17.8. The van der Waals surface area contributed by atoms with Gasteiger partial charge in [-0.1, -0.05) is 66.7 Å². The lowest BCUT2D eigenvalue weighted by molar-refractivity contribution is -0.137. The molecule has 6 rings (SSSR count). The molecule has 268 valence electrons. The van der Waals surface area contributed by atoms with Gasteiger partial charge < -0.3 is 39.4 Å². The third kappa shape index (κ3) is 9.82. The molecule has 2 aliphatic heterocycles. The number of carbonyl (C=O) groups excluding carboxylic acids is 2. The lowest BCUT2D eigenvalue weighted by atomic mass is 9.97. The van der Waals surface area contributed by atoms with Crippen LogP contribution in [-0.2, 0) is 38.4 Å². The Bertz CT molecular complexity index is 1510. The standard InChI is InChI=1S/C39H49N3O8/c43-35(34(24-28-6-2-1-3-7-28)40-39(46)50-32-16-20-48-27-32)14-15-37(45)42(38-33-9-5-4-8-30(33)25-36(38)44)26-29-10-12-31(13-11-29)49-23-19-41-17-21-47-22-18-41/h1-13,32,34-36,38,43-44H,14-27H2,(H,40,46)/t32?,34-,35-,36+,38-/m0/s1. The number of hydrogen-bond donors (Lipinski definition) is 3. The molecule has 50 heavy (non-hydrogen) atoms. The summed E-state index contributed by atoms with van der Waals surface area (Å²) in [6, 6.07) is 23.9. The smallest absolute Gasteiger partial charge is 0.407 e. The van der Waals surface area contributed by atoms with Gasteiger partial charge in [-0.15, -0.1) is 0 Å². The van der Waals surface area contributed by atoms with Crippen molar-refractivity contribution in [1.29, 1.82) is 0 Å². The summed E-state index contributed by atoms with van der Waals surface area (Å²) in [6.07, 6.45) is -1.14. The third-order valence-corrected chi connectivity index (χ3v) is 9.76. The summed E-state index contributed by atoms with van der Waals surface area (Å²) >= 11 is 0. The van der Waals surface area contributed by atoms with Crippen LogP contribution in [0.2, 0.25) is 0 Å². The van der Waals surface area contributed by atoms with Gasteiger partial charge in [-0.25, -0.2) is 4.79 Å². The summed E-state index contributed by atoms with van der Waals surface area (Å²) in [5.41, 5.74) is 3.79. The molecular formula is C39H49N3O8. The number of alkyl carbamates (subject to hydrolysis) is 1. The molecule has 0 spiro atoms. The number of benzene rings is 3. The Morgan fingerprint density at radius 1 is 0.940 bits per heavy atom. The van der Waals surface area contributed by atoms with Crippen molar-refractivity contribution >= 4 is 12.0 Å². The minimum atomic E-state index is -1.02. The van der Waals surface area contributed by atoms with E-state index in [-0.39, 0.29) is 31.4 Å². The number of amides is 2. The molecular weight excluding hydrogens is 638 g/mol. The second-order valence-electron chi connectivity index (χ2n) is 13.3. The highest BCUT2D eigenvalue weighted by Gasteiger charge is 2.38. The molecule has 2 fully saturated rings. The Kier molecular flexibility index (Phi) is 12.7. The maximum Gasteiger partial charge on any atom is 0.407 e. The van der Waals surface area contributed by atoms with Gasteiger partial charge in [-0.3, -0.25) is 9.69 Å². The van der Waals surface area contributed by atoms with Crippen LogP contribution in [-0.4, -0.2) is 109 Å². The van der Waals surface area contributed by atoms with Crippen molar-refractivity contribution in [2.75, 3.05) is 52.7 Å². The molecule has 0 radical (unpaired) electrons. The fourth-order valence-electron chi connectivity index (χ4n) is 6.99. The molecule has 11 nitrogen and oxygen atoms in total. The minimum absolute atomic E-state index is 0.0216. The highest BCUT2D eigenvalue weighted by molar-refractivity contribution is 5.77. The minimum Gasteiger partial charge on any atom is -0.492 e. The lowest BCUT2D eigenvalue weighted by Crippen LogP contribution is -2.46. The van der Waals surface area contributed by atoms with Crippen molar-refractivity contribution in [1.82, 2.24) is 15.1 Å². The fourth-order valence-corrected chi connectivity index (χ4v) is 6.99. The van der Waals surface area contributed by atoms with Crippen LogP contribution >= 0.6 is 0 Å². The molecule has 0 bridgehead atoms. The molecule has 3 N–H and O–H groups in total. The summed E-state index contributed by atoms with van der Waals surface area (Å²) < 4.78 is 22.3. The van der Waals surface area contributed by atoms with Crippen molar-refractivity contribution in [3.63, 3.8) is 0 Å². The van der Waals surface area contributed by atoms with E-state index < -0.39 is 30.4 Å². The first-order valence-electron chi connectivity index (χ1n) is 17.8. The van der Waals surface area contributed by atoms with Crippen LogP contribution in [0.25, 0.3) is 0 Å². The number of nitrogens with zero attached hydrogens (tertiary/aromatic N) is 2. The van der Waals surface area contributed by atoms with Crippen LogP contribution in [0.3, 0.4) is 0 Å². The third-order valence-electron chi connectivity index (χ3n) is 9.76. The van der Waals surface area contributed by atoms with E-state index in [9.17, 15) is 19.8 Å². The van der Waals surface area contributed by atoms with E-state index in [1.165, 1.54) is 0 Å². The fraction of sp³-hybridized carbons (Fsp3) is 0.487. The number of hydrogen-bond acceptors (Lipinski definition) is 9. The quantitative estimate of drug-likeness (QED) is 0.219. The molecule has 3 aliphatic rings. The molecule has 0 saturated carbocycles. The van der Waals surface area contributed by atoms with Crippen molar-refractivity contribution in [3.05, 3.63) is 101 Å². The number of aliphatic hydroxyl groups is 2. The second-order valence-corrected chi connectivity index (χ2v) is 13.3. The van der Waals surface area contributed by atoms with Gasteiger partial charge in [-0.05, 0) is 47.2 Å². The Hall–Kier alpha value is -4.00. The molecule has 2 saturated heterocycles. The Balaban J connectivity index is 1.12. The monoisotopic (exact) mass is 687 g/mol. The zero-order valence-electron chi connectivity index (χ0n) is 28.5. The molecule has 1 aliphatic carbocycles. The number of morpholine rings is 1. The van der Waals surface area contributed by atoms with Gasteiger partial charge in [0.2, 0.25) is 5.91 Å². The first-order valence-corrected chi connectivity index (χ1v) is 17.8. The largest absolute Gasteiger partial charge is 0.492 e. The number of rotatable bonds is 15. The van der Waals surface area contributed by atoms with Crippen LogP contribution in [0.5, 0.6) is 5.75 Å². The lowest BCUT2D eigenvalue weighted by Gasteiger charge is -2.33. The van der Waals surface area contributed by atoms with Crippen molar-refractivity contribution in [2.24, 2.45) is 0 Å². The predicted molar refractivity (Wildman–Crippen MR) is 187 cm³/mol. The van der Waals surface area contributed by atoms with Gasteiger partial charge in [0.25, 0.3) is 0 Å². The Labute approximate surface area is 294 Å². The van der Waals surface area contributed by atoms with Crippen LogP contribution in [0.1, 0.15) is 47.6 Å². The number of aliphatic hydroxyl groups excluding tert-OH is 2. The number of fused-ring (bicyclic) bond motifs is 1. The van der Waals surface area contributed by atoms with E-state index in [0.717, 1.165) is 60.9 Å². The summed E-state index contributed by atoms with van der Waals surface area (Å²) in [4.78, 5) is 31.0. The van der Waals surface area contributed by atoms with E-state index in [1.807, 2.05) is 78.9 Å². The first-order chi connectivity index (χ1) is 24.4. The van der Waals surface area contributed by atoms with Crippen molar-refractivity contribution in [3.8, 4) is 5.75 Å². The highest BCUT2D eigenvalue weighted by atomic mass is 16.6. The van der Waals surface area contributed by atoms with Crippen LogP contribution in [0, 0.1) is 0 Å². The molecule has 2 amide bonds. The topological polar surface area (TPSA) is 130 Å². The summed E-state index contributed by atoms with van der Waals surface area (Å²) in [5, 5.41) is 25.5. The molecule has 3 aromatic carbocycles. The van der Waals surface area contributed by atoms with E-state index in [2.05, 4.69) is 10.2 Å². The normalized spacial score (nSPS) is 21.6. The molecule has 0 aromatic heterocycles. The SMILES string of the molecule is O=C(N[C@@H](Cc1ccccc1)[C@@H](O)CCC(=O)N(Cc1ccc(OCCN2CCOCC2)cc1)[C@H]1c2ccccc2C[C@H]1O)OC1CCOC1.